The third kappa shape index (κ3) is 5.46. The van der Waals surface area contributed by atoms with Crippen LogP contribution in [0.3, 0.4) is 0 Å². The van der Waals surface area contributed by atoms with E-state index in [1.807, 2.05) is 91.0 Å². The molecule has 6 heteroatoms. The second-order valence-corrected chi connectivity index (χ2v) is 16.3. The molecule has 0 N–H and O–H groups in total. The fraction of sp³-hybridized carbons (Fsp3) is 0. The summed E-state index contributed by atoms with van der Waals surface area (Å²) in [6.07, 6.45) is 0. The Kier molecular flexibility index (Phi) is 7.96. The number of carbonyl (C=O) groups excluding carboxylic acids is 1. The minimum Gasteiger partial charge on any atom is -0.309 e. The lowest BCUT2D eigenvalue weighted by molar-refractivity contribution is 0.104. The normalized spacial score (nSPS) is 12.1. The van der Waals surface area contributed by atoms with Gasteiger partial charge in [-0.2, -0.15) is 0 Å². The maximum Gasteiger partial charge on any atom is 0.194 e. The van der Waals surface area contributed by atoms with Crippen LogP contribution in [0.4, 0.5) is 0 Å². The summed E-state index contributed by atoms with van der Waals surface area (Å²) in [6.45, 7) is 0. The fourth-order valence-electron chi connectivity index (χ4n) is 9.87. The number of benzene rings is 9. The first-order valence-corrected chi connectivity index (χ1v) is 21.5. The molecule has 0 fully saturated rings. The summed E-state index contributed by atoms with van der Waals surface area (Å²) in [5, 5.41) is 4.70. The van der Waals surface area contributed by atoms with Crippen molar-refractivity contribution in [1.29, 1.82) is 0 Å². The maximum atomic E-state index is 14.5. The Morgan fingerprint density at radius 2 is 0.766 bits per heavy atom. The van der Waals surface area contributed by atoms with Gasteiger partial charge in [0.05, 0.1) is 27.8 Å². The average Bonchev–Trinajstić information content (AvgIpc) is 3.99. The van der Waals surface area contributed by atoms with Crippen LogP contribution in [0.2, 0.25) is 0 Å². The van der Waals surface area contributed by atoms with Gasteiger partial charge in [-0.1, -0.05) is 158 Å². The van der Waals surface area contributed by atoms with Crippen LogP contribution in [0.1, 0.15) is 15.9 Å². The van der Waals surface area contributed by atoms with E-state index in [1.165, 1.54) is 21.8 Å². The van der Waals surface area contributed by atoms with Crippen molar-refractivity contribution >= 4 is 49.4 Å². The first-order valence-electron chi connectivity index (χ1n) is 21.5. The van der Waals surface area contributed by atoms with Crippen LogP contribution in [0, 0.1) is 0 Å². The molecule has 1 aliphatic rings. The van der Waals surface area contributed by atoms with Crippen molar-refractivity contribution in [3.8, 4) is 67.8 Å². The monoisotopic (exact) mass is 817 g/mol. The summed E-state index contributed by atoms with van der Waals surface area (Å²) in [6, 6.07) is 73.3. The van der Waals surface area contributed by atoms with Crippen LogP contribution in [0.25, 0.3) is 111 Å². The van der Waals surface area contributed by atoms with Crippen molar-refractivity contribution in [3.05, 3.63) is 223 Å². The molecule has 0 aliphatic heterocycles. The molecule has 0 amide bonds. The lowest BCUT2D eigenvalue weighted by Crippen LogP contribution is -2.02. The van der Waals surface area contributed by atoms with Crippen molar-refractivity contribution < 1.29 is 4.79 Å². The number of hydrogen-bond donors (Lipinski definition) is 0. The Hall–Kier alpha value is -8.74. The molecule has 3 aromatic heterocycles. The van der Waals surface area contributed by atoms with Gasteiger partial charge < -0.3 is 9.13 Å². The van der Waals surface area contributed by atoms with Crippen molar-refractivity contribution in [2.24, 2.45) is 0 Å². The lowest BCUT2D eigenvalue weighted by Gasteiger charge is -2.16. The molecule has 298 valence electrons. The van der Waals surface area contributed by atoms with E-state index in [4.69, 9.17) is 15.0 Å². The number of para-hydroxylation sites is 3. The molecule has 9 aromatic carbocycles. The number of carbonyl (C=O) groups is 1. The summed E-state index contributed by atoms with van der Waals surface area (Å²) in [7, 11) is 0. The van der Waals surface area contributed by atoms with Gasteiger partial charge in [0.25, 0.3) is 0 Å². The van der Waals surface area contributed by atoms with E-state index in [-0.39, 0.29) is 5.78 Å². The number of rotatable bonds is 6. The molecule has 6 nitrogen and oxygen atoms in total. The number of fused-ring (bicyclic) bond motifs is 9. The van der Waals surface area contributed by atoms with Gasteiger partial charge in [0.15, 0.2) is 23.3 Å². The zero-order chi connectivity index (χ0) is 42.3. The molecule has 13 rings (SSSR count). The third-order valence-corrected chi connectivity index (χ3v) is 12.7. The molecule has 0 unspecified atom stereocenters. The van der Waals surface area contributed by atoms with Crippen LogP contribution in [-0.4, -0.2) is 29.9 Å². The Labute approximate surface area is 368 Å². The Balaban J connectivity index is 1.000. The van der Waals surface area contributed by atoms with E-state index >= 15 is 0 Å². The molecule has 0 radical (unpaired) electrons. The van der Waals surface area contributed by atoms with E-state index in [9.17, 15) is 4.79 Å². The molecule has 0 atom stereocenters. The first-order chi connectivity index (χ1) is 31.7. The van der Waals surface area contributed by atoms with Gasteiger partial charge in [-0.05, 0) is 65.7 Å². The summed E-state index contributed by atoms with van der Waals surface area (Å²) in [4.78, 5) is 29.7. The molecular weight excluding hydrogens is 783 g/mol. The van der Waals surface area contributed by atoms with Crippen molar-refractivity contribution in [3.63, 3.8) is 0 Å². The predicted octanol–water partition coefficient (Wildman–Crippen LogP) is 13.9. The highest BCUT2D eigenvalue weighted by Gasteiger charge is 2.33. The van der Waals surface area contributed by atoms with Gasteiger partial charge in [0.2, 0.25) is 0 Å². The maximum absolute atomic E-state index is 14.5. The third-order valence-electron chi connectivity index (χ3n) is 12.7. The standard InChI is InChI=1S/C58H35N5O/c64-55-43-24-14-26-45(58-60-56(36-16-4-1-5-17-36)59-57(61-58)37-18-6-2-7-19-37)53(43)54-44(55)25-15-29-52(54)63-49-28-13-11-23-42(49)47-35-39(31-33-51(47)63)38-30-32-50-46(34-38)41-22-10-12-27-48(41)62(50)40-20-8-3-9-21-40/h1-35H. The van der Waals surface area contributed by atoms with Crippen LogP contribution < -0.4 is 0 Å². The molecule has 64 heavy (non-hydrogen) atoms. The van der Waals surface area contributed by atoms with Crippen molar-refractivity contribution in [1.82, 2.24) is 24.1 Å². The highest BCUT2D eigenvalue weighted by Crippen LogP contribution is 2.48. The first kappa shape index (κ1) is 36.0. The average molecular weight is 818 g/mol. The minimum absolute atomic E-state index is 0.0126. The van der Waals surface area contributed by atoms with Crippen molar-refractivity contribution in [2.75, 3.05) is 0 Å². The Morgan fingerprint density at radius 1 is 0.312 bits per heavy atom. The zero-order valence-electron chi connectivity index (χ0n) is 34.4. The number of nitrogens with zero attached hydrogens (tertiary/aromatic N) is 5. The summed E-state index contributed by atoms with van der Waals surface area (Å²) in [5.74, 6) is 1.63. The molecule has 12 aromatic rings. The second kappa shape index (κ2) is 14.2. The van der Waals surface area contributed by atoms with Crippen LogP contribution >= 0.6 is 0 Å². The summed E-state index contributed by atoms with van der Waals surface area (Å²) >= 11 is 0. The summed E-state index contributed by atoms with van der Waals surface area (Å²) < 4.78 is 4.67. The Bertz CT molecular complexity index is 3790. The highest BCUT2D eigenvalue weighted by molar-refractivity contribution is 6.25. The second-order valence-electron chi connectivity index (χ2n) is 16.3. The van der Waals surface area contributed by atoms with E-state index in [2.05, 4.69) is 130 Å². The van der Waals surface area contributed by atoms with Gasteiger partial charge in [0, 0.05) is 66.2 Å². The molecule has 0 spiro atoms. The minimum atomic E-state index is -0.0126. The van der Waals surface area contributed by atoms with Gasteiger partial charge in [0.1, 0.15) is 0 Å². The number of ketones is 1. The van der Waals surface area contributed by atoms with E-state index in [0.29, 0.717) is 28.6 Å². The predicted molar refractivity (Wildman–Crippen MR) is 259 cm³/mol. The van der Waals surface area contributed by atoms with Crippen molar-refractivity contribution in [2.45, 2.75) is 0 Å². The molecule has 0 bridgehead atoms. The van der Waals surface area contributed by atoms with E-state index in [1.54, 1.807) is 0 Å². The van der Waals surface area contributed by atoms with Gasteiger partial charge >= 0.3 is 0 Å². The molecule has 0 saturated carbocycles. The quantitative estimate of drug-likeness (QED) is 0.168. The smallest absolute Gasteiger partial charge is 0.194 e. The molecule has 3 heterocycles. The summed E-state index contributed by atoms with van der Waals surface area (Å²) in [5.41, 5.74) is 14.3. The SMILES string of the molecule is O=C1c2cccc(-c3nc(-c4ccccc4)nc(-c4ccccc4)n3)c2-c2c1cccc2-n1c2ccccc2c2cc(-c3ccc4c(c3)c3ccccc3n4-c3ccccc3)ccc21. The van der Waals surface area contributed by atoms with Crippen LogP contribution in [0.15, 0.2) is 212 Å². The zero-order valence-corrected chi connectivity index (χ0v) is 34.4. The largest absolute Gasteiger partial charge is 0.309 e. The highest BCUT2D eigenvalue weighted by atomic mass is 16.1. The fourth-order valence-corrected chi connectivity index (χ4v) is 9.87. The Morgan fingerprint density at radius 3 is 1.38 bits per heavy atom. The van der Waals surface area contributed by atoms with E-state index < -0.39 is 0 Å². The molecule has 0 saturated heterocycles. The van der Waals surface area contributed by atoms with Gasteiger partial charge in [-0.15, -0.1) is 0 Å². The van der Waals surface area contributed by atoms with Gasteiger partial charge in [-0.3, -0.25) is 4.79 Å². The lowest BCUT2D eigenvalue weighted by atomic mass is 9.97. The van der Waals surface area contributed by atoms with E-state index in [0.717, 1.165) is 72.1 Å². The molecule has 1 aliphatic carbocycles. The topological polar surface area (TPSA) is 65.6 Å². The van der Waals surface area contributed by atoms with Gasteiger partial charge in [-0.25, -0.2) is 15.0 Å². The molecular formula is C58H35N5O. The number of aromatic nitrogens is 5. The number of hydrogen-bond acceptors (Lipinski definition) is 4. The van der Waals surface area contributed by atoms with Crippen LogP contribution in [-0.2, 0) is 0 Å². The van der Waals surface area contributed by atoms with Crippen LogP contribution in [0.5, 0.6) is 0 Å².